The van der Waals surface area contributed by atoms with Gasteiger partial charge >= 0.3 is 5.97 Å². The maximum Gasteiger partial charge on any atom is 0.353 e. The second-order valence-electron chi connectivity index (χ2n) is 7.86. The fourth-order valence-electron chi connectivity index (χ4n) is 3.88. The van der Waals surface area contributed by atoms with E-state index in [2.05, 4.69) is 15.8 Å². The lowest BCUT2D eigenvalue weighted by Crippen LogP contribution is -2.41. The average Bonchev–Trinajstić information content (AvgIpc) is 3.05. The number of allylic oxidation sites excluding steroid dienone is 1. The summed E-state index contributed by atoms with van der Waals surface area (Å²) in [5, 5.41) is 18.9. The number of aromatic carboxylic acids is 1. The minimum atomic E-state index is -3.50. The number of rotatable bonds is 7. The van der Waals surface area contributed by atoms with Gasteiger partial charge in [-0.25, -0.2) is 17.9 Å². The first-order chi connectivity index (χ1) is 15.1. The molecular formula is C23H26N4O4S. The van der Waals surface area contributed by atoms with Gasteiger partial charge in [-0.15, -0.1) is 0 Å². The Hall–Kier alpha value is -3.22. The highest BCUT2D eigenvalue weighted by atomic mass is 32.2. The van der Waals surface area contributed by atoms with Gasteiger partial charge in [-0.05, 0) is 37.5 Å². The number of carbonyl (C=O) groups is 1. The Balaban J connectivity index is 2.02. The molecule has 1 aromatic carbocycles. The molecule has 8 nitrogen and oxygen atoms in total. The zero-order valence-corrected chi connectivity index (χ0v) is 19.2. The molecule has 2 heterocycles. The van der Waals surface area contributed by atoms with Crippen LogP contribution in [0.1, 0.15) is 54.1 Å². The summed E-state index contributed by atoms with van der Waals surface area (Å²) in [7, 11) is -1.85. The summed E-state index contributed by atoms with van der Waals surface area (Å²) < 4.78 is 29.0. The van der Waals surface area contributed by atoms with Crippen LogP contribution >= 0.6 is 0 Å². The van der Waals surface area contributed by atoms with E-state index in [-0.39, 0.29) is 5.69 Å². The topological polar surface area (TPSA) is 125 Å². The van der Waals surface area contributed by atoms with Crippen LogP contribution in [0.4, 0.5) is 0 Å². The first kappa shape index (κ1) is 23.4. The quantitative estimate of drug-likeness (QED) is 0.665. The smallest absolute Gasteiger partial charge is 0.353 e. The van der Waals surface area contributed by atoms with Crippen molar-refractivity contribution in [3.63, 3.8) is 0 Å². The first-order valence-corrected chi connectivity index (χ1v) is 11.8. The van der Waals surface area contributed by atoms with Crippen LogP contribution < -0.4 is 4.72 Å². The van der Waals surface area contributed by atoms with E-state index in [1.54, 1.807) is 68.1 Å². The molecular weight excluding hydrogens is 428 g/mol. The molecule has 1 aromatic heterocycles. The van der Waals surface area contributed by atoms with Crippen LogP contribution in [0.25, 0.3) is 11.1 Å². The molecule has 0 bridgehead atoms. The van der Waals surface area contributed by atoms with Gasteiger partial charge in [-0.1, -0.05) is 37.3 Å². The predicted octanol–water partition coefficient (Wildman–Crippen LogP) is 3.20. The summed E-state index contributed by atoms with van der Waals surface area (Å²) >= 11 is 0. The molecule has 2 unspecified atom stereocenters. The van der Waals surface area contributed by atoms with E-state index < -0.39 is 33.3 Å². The Kier molecular flexibility index (Phi) is 6.67. The Bertz CT molecular complexity index is 1230. The van der Waals surface area contributed by atoms with Crippen LogP contribution in [0.5, 0.6) is 0 Å². The van der Waals surface area contributed by atoms with Gasteiger partial charge < -0.3 is 9.67 Å². The molecule has 0 radical (unpaired) electrons. The predicted molar refractivity (Wildman–Crippen MR) is 123 cm³/mol. The number of carboxylic acids is 1. The van der Waals surface area contributed by atoms with Gasteiger partial charge in [-0.3, -0.25) is 4.99 Å². The molecule has 0 spiro atoms. The molecule has 2 aromatic rings. The van der Waals surface area contributed by atoms with E-state index in [9.17, 15) is 23.6 Å². The Morgan fingerprint density at radius 3 is 2.50 bits per heavy atom. The highest BCUT2D eigenvalue weighted by molar-refractivity contribution is 7.90. The summed E-state index contributed by atoms with van der Waals surface area (Å²) in [6.07, 6.45) is 5.61. The third-order valence-corrected chi connectivity index (χ3v) is 7.46. The van der Waals surface area contributed by atoms with Crippen molar-refractivity contribution in [3.05, 3.63) is 58.9 Å². The van der Waals surface area contributed by atoms with Gasteiger partial charge in [0, 0.05) is 24.5 Å². The number of aromatic nitrogens is 1. The van der Waals surface area contributed by atoms with E-state index in [0.29, 0.717) is 28.8 Å². The van der Waals surface area contributed by atoms with Crippen LogP contribution in [-0.2, 0) is 23.5 Å². The molecule has 1 aliphatic heterocycles. The third-order valence-electron chi connectivity index (χ3n) is 5.62. The number of hydrogen-bond acceptors (Lipinski definition) is 5. The number of nitrogens with zero attached hydrogens (tertiary/aromatic N) is 3. The van der Waals surface area contributed by atoms with Crippen LogP contribution in [0.3, 0.4) is 0 Å². The fraction of sp³-hybridized carbons (Fsp3) is 0.348. The van der Waals surface area contributed by atoms with Gasteiger partial charge in [0.1, 0.15) is 11.8 Å². The Morgan fingerprint density at radius 1 is 1.31 bits per heavy atom. The summed E-state index contributed by atoms with van der Waals surface area (Å²) in [5.41, 5.74) is 2.83. The maximum atomic E-state index is 12.4. The first-order valence-electron chi connectivity index (χ1n) is 10.3. The van der Waals surface area contributed by atoms with Crippen molar-refractivity contribution in [2.45, 2.75) is 44.5 Å². The van der Waals surface area contributed by atoms with Crippen molar-refractivity contribution >= 4 is 22.2 Å². The minimum absolute atomic E-state index is 0.0624. The van der Waals surface area contributed by atoms with E-state index in [1.165, 1.54) is 0 Å². The molecule has 0 amide bonds. The summed E-state index contributed by atoms with van der Waals surface area (Å²) in [6.45, 7) is 5.10. The molecule has 0 saturated heterocycles. The highest BCUT2D eigenvalue weighted by Crippen LogP contribution is 2.34. The third kappa shape index (κ3) is 4.24. The van der Waals surface area contributed by atoms with Gasteiger partial charge in [0.15, 0.2) is 0 Å². The zero-order chi connectivity index (χ0) is 23.6. The van der Waals surface area contributed by atoms with Gasteiger partial charge in [0.25, 0.3) is 0 Å². The van der Waals surface area contributed by atoms with Crippen molar-refractivity contribution in [1.82, 2.24) is 9.29 Å². The largest absolute Gasteiger partial charge is 0.477 e. The van der Waals surface area contributed by atoms with E-state index >= 15 is 0 Å². The minimum Gasteiger partial charge on any atom is -0.477 e. The number of dihydropyridines is 1. The van der Waals surface area contributed by atoms with Gasteiger partial charge in [0.05, 0.1) is 22.9 Å². The van der Waals surface area contributed by atoms with Crippen LogP contribution in [0.2, 0.25) is 0 Å². The van der Waals surface area contributed by atoms with Crippen molar-refractivity contribution in [2.75, 3.05) is 0 Å². The number of carboxylic acid groups (broad SMARTS) is 1. The highest BCUT2D eigenvalue weighted by Gasteiger charge is 2.29. The molecule has 0 saturated carbocycles. The molecule has 32 heavy (non-hydrogen) atoms. The van der Waals surface area contributed by atoms with Crippen LogP contribution in [-0.4, -0.2) is 41.6 Å². The van der Waals surface area contributed by atoms with Crippen LogP contribution in [0.15, 0.2) is 41.4 Å². The van der Waals surface area contributed by atoms with Crippen molar-refractivity contribution in [3.8, 4) is 17.2 Å². The van der Waals surface area contributed by atoms with Crippen molar-refractivity contribution < 1.29 is 18.3 Å². The lowest BCUT2D eigenvalue weighted by molar-refractivity contribution is 0.0687. The van der Waals surface area contributed by atoms with E-state index in [4.69, 9.17) is 0 Å². The second kappa shape index (κ2) is 9.10. The Morgan fingerprint density at radius 2 is 1.97 bits per heavy atom. The van der Waals surface area contributed by atoms with Crippen LogP contribution in [0, 0.1) is 11.3 Å². The zero-order valence-electron chi connectivity index (χ0n) is 18.4. The summed E-state index contributed by atoms with van der Waals surface area (Å²) in [6, 6.07) is 8.24. The number of sulfonamides is 1. The molecule has 168 valence electrons. The number of nitriles is 1. The van der Waals surface area contributed by atoms with Gasteiger partial charge in [0.2, 0.25) is 10.0 Å². The number of aliphatic imine (C=N–C) groups is 1. The van der Waals surface area contributed by atoms with Gasteiger partial charge in [-0.2, -0.15) is 5.26 Å². The summed E-state index contributed by atoms with van der Waals surface area (Å²) in [4.78, 5) is 16.4. The number of hydrogen-bond donors (Lipinski definition) is 2. The Labute approximate surface area is 188 Å². The molecule has 2 N–H and O–H groups in total. The maximum absolute atomic E-state index is 12.4. The fourth-order valence-corrected chi connectivity index (χ4v) is 4.74. The molecule has 2 atom stereocenters. The summed E-state index contributed by atoms with van der Waals surface area (Å²) in [5.74, 6) is -1.10. The van der Waals surface area contributed by atoms with E-state index in [1.807, 2.05) is 6.92 Å². The molecule has 1 aliphatic rings. The lowest BCUT2D eigenvalue weighted by atomic mass is 9.94. The molecule has 9 heteroatoms. The number of nitrogens with one attached hydrogen (secondary N) is 1. The normalized spacial score (nSPS) is 18.1. The second-order valence-corrected chi connectivity index (χ2v) is 10.1. The standard InChI is InChI=1S/C23H26N4O4S/c1-5-19-17(13-24)20(22(23(28)29)27(19)4)15-8-10-16(11-9-15)21-18(7-6-12-25-21)26-32(30,31)14(2)3/h6-12,14,18,21,26H,5H2,1-4H3,(H,28,29). The number of benzene rings is 1. The molecule has 3 rings (SSSR count). The molecule has 0 aliphatic carbocycles. The monoisotopic (exact) mass is 454 g/mol. The average molecular weight is 455 g/mol. The lowest BCUT2D eigenvalue weighted by Gasteiger charge is -2.25. The SMILES string of the molecule is CCc1c(C#N)c(-c2ccc(C3N=CC=CC3NS(=O)(=O)C(C)C)cc2)c(C(=O)O)n1C. The van der Waals surface area contributed by atoms with Crippen molar-refractivity contribution in [1.29, 1.82) is 5.26 Å². The molecule has 0 fully saturated rings. The van der Waals surface area contributed by atoms with E-state index in [0.717, 1.165) is 5.56 Å². The van der Waals surface area contributed by atoms with Crippen molar-refractivity contribution in [2.24, 2.45) is 12.0 Å².